The molecule has 0 radical (unpaired) electrons. The molecular weight excluding hydrogens is 333 g/mol. The Morgan fingerprint density at radius 2 is 2.04 bits per heavy atom. The molecule has 0 spiro atoms. The van der Waals surface area contributed by atoms with Gasteiger partial charge in [-0.1, -0.05) is 11.6 Å². The van der Waals surface area contributed by atoms with E-state index in [0.717, 1.165) is 11.4 Å². The summed E-state index contributed by atoms with van der Waals surface area (Å²) in [6.07, 6.45) is 0.424. The number of hydrogen-bond acceptors (Lipinski definition) is 4. The second-order valence-corrected chi connectivity index (χ2v) is 5.62. The standard InChI is InChI=1S/C16H13ClFN5O/c1-22-13(5-12(8-19)20-22)6-14-7-16(17)21-23(14)15-3-2-11(18)4-10(15)9-24/h2-5,7,24H,6,9H2,1H3. The van der Waals surface area contributed by atoms with Crippen molar-refractivity contribution >= 4 is 11.6 Å². The summed E-state index contributed by atoms with van der Waals surface area (Å²) < 4.78 is 16.6. The Hall–Kier alpha value is -2.69. The molecular formula is C16H13ClFN5O. The lowest BCUT2D eigenvalue weighted by molar-refractivity contribution is 0.280. The Morgan fingerprint density at radius 1 is 1.25 bits per heavy atom. The third-order valence-electron chi connectivity index (χ3n) is 3.65. The van der Waals surface area contributed by atoms with E-state index in [2.05, 4.69) is 10.2 Å². The molecule has 0 aliphatic rings. The number of nitriles is 1. The number of aromatic nitrogens is 4. The number of benzene rings is 1. The average molecular weight is 346 g/mol. The summed E-state index contributed by atoms with van der Waals surface area (Å²) in [5, 5.41) is 27.0. The van der Waals surface area contributed by atoms with Gasteiger partial charge in [-0.3, -0.25) is 4.68 Å². The second kappa shape index (κ2) is 6.43. The van der Waals surface area contributed by atoms with Crippen LogP contribution in [-0.4, -0.2) is 24.7 Å². The van der Waals surface area contributed by atoms with E-state index in [1.54, 1.807) is 28.5 Å². The highest BCUT2D eigenvalue weighted by atomic mass is 35.5. The first-order chi connectivity index (χ1) is 11.5. The van der Waals surface area contributed by atoms with E-state index in [4.69, 9.17) is 16.9 Å². The molecule has 0 aliphatic heterocycles. The number of rotatable bonds is 4. The van der Waals surface area contributed by atoms with Crippen LogP contribution in [0.15, 0.2) is 30.3 Å². The topological polar surface area (TPSA) is 79.7 Å². The Balaban J connectivity index is 2.05. The fraction of sp³-hybridized carbons (Fsp3) is 0.188. The van der Waals surface area contributed by atoms with E-state index < -0.39 is 5.82 Å². The van der Waals surface area contributed by atoms with Crippen molar-refractivity contribution in [1.82, 2.24) is 19.6 Å². The van der Waals surface area contributed by atoms with Crippen LogP contribution in [-0.2, 0) is 20.1 Å². The van der Waals surface area contributed by atoms with Crippen molar-refractivity contribution in [1.29, 1.82) is 5.26 Å². The van der Waals surface area contributed by atoms with Gasteiger partial charge in [0.1, 0.15) is 11.9 Å². The normalized spacial score (nSPS) is 10.8. The fourth-order valence-corrected chi connectivity index (χ4v) is 2.72. The van der Waals surface area contributed by atoms with Crippen LogP contribution >= 0.6 is 11.6 Å². The van der Waals surface area contributed by atoms with E-state index in [9.17, 15) is 9.50 Å². The van der Waals surface area contributed by atoms with Gasteiger partial charge in [-0.25, -0.2) is 9.07 Å². The van der Waals surface area contributed by atoms with Crippen molar-refractivity contribution in [2.75, 3.05) is 0 Å². The average Bonchev–Trinajstić information content (AvgIpc) is 3.10. The van der Waals surface area contributed by atoms with Crippen LogP contribution in [0.5, 0.6) is 0 Å². The number of aliphatic hydroxyl groups is 1. The van der Waals surface area contributed by atoms with Crippen LogP contribution in [0.25, 0.3) is 5.69 Å². The molecule has 2 heterocycles. The molecule has 0 aliphatic carbocycles. The molecule has 2 aromatic heterocycles. The molecule has 3 aromatic rings. The quantitative estimate of drug-likeness (QED) is 0.787. The van der Waals surface area contributed by atoms with Gasteiger partial charge in [0.25, 0.3) is 0 Å². The molecule has 1 aromatic carbocycles. The number of hydrogen-bond donors (Lipinski definition) is 1. The number of nitrogens with zero attached hydrogens (tertiary/aromatic N) is 5. The Morgan fingerprint density at radius 3 is 2.71 bits per heavy atom. The van der Waals surface area contributed by atoms with E-state index in [-0.39, 0.29) is 11.8 Å². The van der Waals surface area contributed by atoms with Crippen molar-refractivity contribution in [2.45, 2.75) is 13.0 Å². The summed E-state index contributed by atoms with van der Waals surface area (Å²) in [6, 6.07) is 9.46. The van der Waals surface area contributed by atoms with Gasteiger partial charge in [-0.2, -0.15) is 15.5 Å². The predicted octanol–water partition coefficient (Wildman–Crippen LogP) is 2.35. The lowest BCUT2D eigenvalue weighted by atomic mass is 10.1. The first-order valence-electron chi connectivity index (χ1n) is 7.09. The van der Waals surface area contributed by atoms with Crippen LogP contribution in [0.3, 0.4) is 0 Å². The minimum absolute atomic E-state index is 0.279. The smallest absolute Gasteiger partial charge is 0.162 e. The van der Waals surface area contributed by atoms with Crippen LogP contribution in [0, 0.1) is 17.1 Å². The summed E-state index contributed by atoms with van der Waals surface area (Å²) in [5.74, 6) is -0.437. The minimum Gasteiger partial charge on any atom is -0.392 e. The van der Waals surface area contributed by atoms with Crippen molar-refractivity contribution in [2.24, 2.45) is 7.05 Å². The molecule has 0 amide bonds. The summed E-state index contributed by atoms with van der Waals surface area (Å²) in [4.78, 5) is 0. The van der Waals surface area contributed by atoms with Crippen molar-refractivity contribution < 1.29 is 9.50 Å². The predicted molar refractivity (Wildman–Crippen MR) is 85.2 cm³/mol. The van der Waals surface area contributed by atoms with Crippen molar-refractivity contribution in [3.63, 3.8) is 0 Å². The Labute approximate surface area is 142 Å². The van der Waals surface area contributed by atoms with Gasteiger partial charge in [-0.15, -0.1) is 0 Å². The highest BCUT2D eigenvalue weighted by Gasteiger charge is 2.15. The third-order valence-corrected chi connectivity index (χ3v) is 3.83. The Bertz CT molecular complexity index is 941. The van der Waals surface area contributed by atoms with E-state index >= 15 is 0 Å². The third kappa shape index (κ3) is 3.02. The van der Waals surface area contributed by atoms with Gasteiger partial charge in [0.15, 0.2) is 10.8 Å². The molecule has 0 saturated carbocycles. The summed E-state index contributed by atoms with van der Waals surface area (Å²) in [6.45, 7) is -0.325. The highest BCUT2D eigenvalue weighted by Crippen LogP contribution is 2.22. The largest absolute Gasteiger partial charge is 0.392 e. The molecule has 3 rings (SSSR count). The van der Waals surface area contributed by atoms with Crippen LogP contribution in [0.1, 0.15) is 22.6 Å². The molecule has 0 saturated heterocycles. The van der Waals surface area contributed by atoms with Gasteiger partial charge >= 0.3 is 0 Å². The van der Waals surface area contributed by atoms with Gasteiger partial charge in [0.2, 0.25) is 0 Å². The van der Waals surface area contributed by atoms with E-state index in [1.807, 2.05) is 6.07 Å². The molecule has 24 heavy (non-hydrogen) atoms. The maximum Gasteiger partial charge on any atom is 0.162 e. The van der Waals surface area contributed by atoms with E-state index in [1.165, 1.54) is 18.2 Å². The molecule has 0 bridgehead atoms. The van der Waals surface area contributed by atoms with Crippen molar-refractivity contribution in [3.05, 3.63) is 63.9 Å². The first-order valence-corrected chi connectivity index (χ1v) is 7.46. The monoisotopic (exact) mass is 345 g/mol. The Kier molecular flexibility index (Phi) is 4.34. The fourth-order valence-electron chi connectivity index (χ4n) is 2.52. The first kappa shape index (κ1) is 16.2. The molecule has 0 unspecified atom stereocenters. The molecule has 0 fully saturated rings. The second-order valence-electron chi connectivity index (χ2n) is 5.23. The molecule has 0 atom stereocenters. The van der Waals surface area contributed by atoms with Crippen LogP contribution in [0.2, 0.25) is 5.15 Å². The molecule has 122 valence electrons. The number of halogens is 2. The maximum absolute atomic E-state index is 13.4. The summed E-state index contributed by atoms with van der Waals surface area (Å²) in [7, 11) is 1.75. The number of aliphatic hydroxyl groups excluding tert-OH is 1. The lowest BCUT2D eigenvalue weighted by Gasteiger charge is -2.11. The minimum atomic E-state index is -0.437. The summed E-state index contributed by atoms with van der Waals surface area (Å²) >= 11 is 6.04. The van der Waals surface area contributed by atoms with E-state index in [0.29, 0.717) is 23.4 Å². The van der Waals surface area contributed by atoms with Crippen LogP contribution in [0.4, 0.5) is 4.39 Å². The maximum atomic E-state index is 13.4. The molecule has 8 heteroatoms. The zero-order valence-corrected chi connectivity index (χ0v) is 13.5. The summed E-state index contributed by atoms with van der Waals surface area (Å²) in [5.41, 5.74) is 2.80. The van der Waals surface area contributed by atoms with Crippen molar-refractivity contribution in [3.8, 4) is 11.8 Å². The lowest BCUT2D eigenvalue weighted by Crippen LogP contribution is -2.08. The highest BCUT2D eigenvalue weighted by molar-refractivity contribution is 6.29. The van der Waals surface area contributed by atoms with Gasteiger partial charge in [0.05, 0.1) is 18.0 Å². The molecule has 1 N–H and O–H groups in total. The SMILES string of the molecule is Cn1nc(C#N)cc1Cc1cc(Cl)nn1-c1ccc(F)cc1CO. The number of aryl methyl sites for hydroxylation is 1. The van der Waals surface area contributed by atoms with Gasteiger partial charge in [0, 0.05) is 24.7 Å². The zero-order chi connectivity index (χ0) is 17.3. The van der Waals surface area contributed by atoms with Gasteiger partial charge in [-0.05, 0) is 30.3 Å². The molecule has 6 nitrogen and oxygen atoms in total. The van der Waals surface area contributed by atoms with Gasteiger partial charge < -0.3 is 5.11 Å². The zero-order valence-electron chi connectivity index (χ0n) is 12.7. The van der Waals surface area contributed by atoms with Crippen LogP contribution < -0.4 is 0 Å².